The number of aliphatic imine (C=N–C) groups is 1. The molecule has 1 aromatic rings. The third-order valence-corrected chi connectivity index (χ3v) is 6.15. The number of ether oxygens (including phenoxy) is 2. The van der Waals surface area contributed by atoms with Gasteiger partial charge in [-0.2, -0.15) is 0 Å². The van der Waals surface area contributed by atoms with Gasteiger partial charge in [0.2, 0.25) is 0 Å². The van der Waals surface area contributed by atoms with Gasteiger partial charge in [-0.15, -0.1) is 0 Å². The van der Waals surface area contributed by atoms with E-state index in [4.69, 9.17) is 9.47 Å². The van der Waals surface area contributed by atoms with Crippen molar-refractivity contribution in [1.29, 1.82) is 0 Å². The summed E-state index contributed by atoms with van der Waals surface area (Å²) in [6, 6.07) is 5.44. The van der Waals surface area contributed by atoms with Crippen molar-refractivity contribution < 1.29 is 17.9 Å². The third-order valence-electron chi connectivity index (χ3n) is 3.55. The standard InChI is InChI=1S/C17H29N3O4S/c1-7-24-15-12-13(8-9-14(15)23-6)20-16(18-5)19-10-11-25(21,22)17(2,3)4/h8-9,12H,7,10-11H2,1-6H3,(H2,18,19,20). The van der Waals surface area contributed by atoms with Crippen LogP contribution < -0.4 is 20.1 Å². The molecule has 0 radical (unpaired) electrons. The number of nitrogens with one attached hydrogen (secondary N) is 2. The molecule has 0 atom stereocenters. The van der Waals surface area contributed by atoms with Crippen molar-refractivity contribution >= 4 is 21.5 Å². The van der Waals surface area contributed by atoms with Gasteiger partial charge < -0.3 is 20.1 Å². The fourth-order valence-corrected chi connectivity index (χ4v) is 2.93. The van der Waals surface area contributed by atoms with Gasteiger partial charge in [-0.05, 0) is 39.8 Å². The molecule has 2 N–H and O–H groups in total. The van der Waals surface area contributed by atoms with Crippen LogP contribution in [0.25, 0.3) is 0 Å². The largest absolute Gasteiger partial charge is 0.493 e. The molecule has 0 spiro atoms. The molecule has 0 amide bonds. The van der Waals surface area contributed by atoms with Crippen molar-refractivity contribution in [2.24, 2.45) is 4.99 Å². The lowest BCUT2D eigenvalue weighted by Crippen LogP contribution is -2.38. The lowest BCUT2D eigenvalue weighted by molar-refractivity contribution is 0.311. The summed E-state index contributed by atoms with van der Waals surface area (Å²) in [5.41, 5.74) is 0.760. The normalized spacial score (nSPS) is 12.6. The first kappa shape index (κ1) is 21.1. The van der Waals surface area contributed by atoms with E-state index in [0.29, 0.717) is 24.1 Å². The number of hydrogen-bond donors (Lipinski definition) is 2. The van der Waals surface area contributed by atoms with Crippen molar-refractivity contribution in [3.8, 4) is 11.5 Å². The van der Waals surface area contributed by atoms with Gasteiger partial charge in [0.15, 0.2) is 27.3 Å². The predicted molar refractivity (Wildman–Crippen MR) is 103 cm³/mol. The topological polar surface area (TPSA) is 89.0 Å². The maximum atomic E-state index is 12.1. The Balaban J connectivity index is 2.73. The van der Waals surface area contributed by atoms with E-state index in [9.17, 15) is 8.42 Å². The molecule has 1 rings (SSSR count). The van der Waals surface area contributed by atoms with E-state index in [1.165, 1.54) is 0 Å². The second-order valence-corrected chi connectivity index (χ2v) is 9.22. The minimum absolute atomic E-state index is 0.0318. The molecule has 8 heteroatoms. The van der Waals surface area contributed by atoms with Gasteiger partial charge in [-0.3, -0.25) is 4.99 Å². The van der Waals surface area contributed by atoms with Gasteiger partial charge >= 0.3 is 0 Å². The zero-order valence-electron chi connectivity index (χ0n) is 15.8. The Bertz CT molecular complexity index is 694. The summed E-state index contributed by atoms with van der Waals surface area (Å²) in [4.78, 5) is 4.11. The number of nitrogens with zero attached hydrogens (tertiary/aromatic N) is 1. The third kappa shape index (κ3) is 6.12. The molecule has 142 valence electrons. The number of rotatable bonds is 7. The number of benzene rings is 1. The van der Waals surface area contributed by atoms with Crippen LogP contribution in [0.3, 0.4) is 0 Å². The van der Waals surface area contributed by atoms with Crippen LogP contribution >= 0.6 is 0 Å². The molecule has 0 aromatic heterocycles. The highest BCUT2D eigenvalue weighted by atomic mass is 32.2. The molecular weight excluding hydrogens is 342 g/mol. The summed E-state index contributed by atoms with van der Waals surface area (Å²) >= 11 is 0. The molecule has 0 heterocycles. The maximum absolute atomic E-state index is 12.1. The highest BCUT2D eigenvalue weighted by Crippen LogP contribution is 2.30. The molecular formula is C17H29N3O4S. The molecule has 0 fully saturated rings. The van der Waals surface area contributed by atoms with Gasteiger partial charge in [0.1, 0.15) is 0 Å². The van der Waals surface area contributed by atoms with Crippen LogP contribution in [0.15, 0.2) is 23.2 Å². The van der Waals surface area contributed by atoms with Crippen LogP contribution in [0.1, 0.15) is 27.7 Å². The van der Waals surface area contributed by atoms with Crippen molar-refractivity contribution in [1.82, 2.24) is 5.32 Å². The van der Waals surface area contributed by atoms with Crippen LogP contribution in [0.5, 0.6) is 11.5 Å². The van der Waals surface area contributed by atoms with Crippen molar-refractivity contribution in [3.05, 3.63) is 18.2 Å². The van der Waals surface area contributed by atoms with Gasteiger partial charge in [0.25, 0.3) is 0 Å². The molecule has 0 aliphatic rings. The van der Waals surface area contributed by atoms with Gasteiger partial charge in [0.05, 0.1) is 24.2 Å². The summed E-state index contributed by atoms with van der Waals surface area (Å²) in [7, 11) is 0.0306. The van der Waals surface area contributed by atoms with E-state index in [-0.39, 0.29) is 12.3 Å². The van der Waals surface area contributed by atoms with Crippen molar-refractivity contribution in [3.63, 3.8) is 0 Å². The first-order valence-electron chi connectivity index (χ1n) is 8.15. The van der Waals surface area contributed by atoms with Crippen molar-refractivity contribution in [2.75, 3.05) is 38.4 Å². The molecule has 1 aromatic carbocycles. The van der Waals surface area contributed by atoms with E-state index in [2.05, 4.69) is 15.6 Å². The van der Waals surface area contributed by atoms with E-state index in [0.717, 1.165) is 5.69 Å². The fraction of sp³-hybridized carbons (Fsp3) is 0.588. The van der Waals surface area contributed by atoms with Crippen LogP contribution in [0.4, 0.5) is 5.69 Å². The number of guanidine groups is 1. The fourth-order valence-electron chi connectivity index (χ4n) is 1.95. The van der Waals surface area contributed by atoms with E-state index in [1.54, 1.807) is 47.1 Å². The SMILES string of the molecule is CCOc1cc(NC(=NC)NCCS(=O)(=O)C(C)(C)C)ccc1OC. The minimum Gasteiger partial charge on any atom is -0.493 e. The average Bonchev–Trinajstić information content (AvgIpc) is 2.53. The Morgan fingerprint density at radius 2 is 1.92 bits per heavy atom. The van der Waals surface area contributed by atoms with Crippen LogP contribution in [-0.4, -0.2) is 52.2 Å². The lowest BCUT2D eigenvalue weighted by Gasteiger charge is -2.20. The zero-order valence-corrected chi connectivity index (χ0v) is 16.7. The summed E-state index contributed by atoms with van der Waals surface area (Å²) in [6.07, 6.45) is 0. The van der Waals surface area contributed by atoms with Crippen LogP contribution in [0, 0.1) is 0 Å². The van der Waals surface area contributed by atoms with E-state index < -0.39 is 14.6 Å². The second-order valence-electron chi connectivity index (χ2n) is 6.35. The molecule has 0 unspecified atom stereocenters. The molecule has 0 aliphatic heterocycles. The molecule has 0 saturated heterocycles. The lowest BCUT2D eigenvalue weighted by atomic mass is 10.2. The summed E-state index contributed by atoms with van der Waals surface area (Å²) in [5, 5.41) is 6.13. The first-order valence-corrected chi connectivity index (χ1v) is 9.80. The Morgan fingerprint density at radius 3 is 2.44 bits per heavy atom. The molecule has 0 bridgehead atoms. The molecule has 0 saturated carbocycles. The highest BCUT2D eigenvalue weighted by molar-refractivity contribution is 7.92. The number of sulfone groups is 1. The zero-order chi connectivity index (χ0) is 19.1. The molecule has 0 aliphatic carbocycles. The van der Waals surface area contributed by atoms with Gasteiger partial charge in [0, 0.05) is 25.3 Å². The minimum atomic E-state index is -3.18. The monoisotopic (exact) mass is 371 g/mol. The first-order chi connectivity index (χ1) is 11.6. The molecule has 25 heavy (non-hydrogen) atoms. The van der Waals surface area contributed by atoms with Crippen LogP contribution in [-0.2, 0) is 9.84 Å². The number of hydrogen-bond acceptors (Lipinski definition) is 5. The Hall–Kier alpha value is -1.96. The molecule has 7 nitrogen and oxygen atoms in total. The summed E-state index contributed by atoms with van der Waals surface area (Å²) < 4.78 is 34.3. The van der Waals surface area contributed by atoms with E-state index in [1.807, 2.05) is 13.0 Å². The second kappa shape index (κ2) is 8.94. The number of methoxy groups -OCH3 is 1. The Morgan fingerprint density at radius 1 is 1.24 bits per heavy atom. The van der Waals surface area contributed by atoms with E-state index >= 15 is 0 Å². The van der Waals surface area contributed by atoms with Gasteiger partial charge in [-0.1, -0.05) is 0 Å². The van der Waals surface area contributed by atoms with Crippen molar-refractivity contribution in [2.45, 2.75) is 32.4 Å². The average molecular weight is 372 g/mol. The summed E-state index contributed by atoms with van der Waals surface area (Å²) in [6.45, 7) is 7.78. The number of anilines is 1. The quantitative estimate of drug-likeness (QED) is 0.565. The predicted octanol–water partition coefficient (Wildman–Crippen LogP) is 2.29. The highest BCUT2D eigenvalue weighted by Gasteiger charge is 2.28. The Kier molecular flexibility index (Phi) is 7.54. The summed E-state index contributed by atoms with van der Waals surface area (Å²) in [5.74, 6) is 1.79. The Labute approximate surface area is 150 Å². The maximum Gasteiger partial charge on any atom is 0.195 e. The van der Waals surface area contributed by atoms with Gasteiger partial charge in [-0.25, -0.2) is 8.42 Å². The van der Waals surface area contributed by atoms with Crippen LogP contribution in [0.2, 0.25) is 0 Å². The smallest absolute Gasteiger partial charge is 0.195 e.